The smallest absolute Gasteiger partial charge is 0.212 e. The van der Waals surface area contributed by atoms with Crippen LogP contribution in [0.3, 0.4) is 0 Å². The van der Waals surface area contributed by atoms with Gasteiger partial charge in [-0.05, 0) is 22.0 Å². The first kappa shape index (κ1) is 11.9. The van der Waals surface area contributed by atoms with E-state index in [9.17, 15) is 17.2 Å². The van der Waals surface area contributed by atoms with Gasteiger partial charge in [0.05, 0.1) is 10.2 Å². The number of hydrogen-bond acceptors (Lipinski definition) is 2. The van der Waals surface area contributed by atoms with E-state index in [-0.39, 0.29) is 10.0 Å². The lowest BCUT2D eigenvalue weighted by atomic mass is 10.2. The molecule has 78 valence electrons. The van der Waals surface area contributed by atoms with Gasteiger partial charge in [-0.15, -0.1) is 0 Å². The third-order valence-corrected chi connectivity index (χ3v) is 3.04. The molecule has 0 unspecified atom stereocenters. The van der Waals surface area contributed by atoms with Gasteiger partial charge in [0.2, 0.25) is 9.05 Å². The average molecular weight is 306 g/mol. The van der Waals surface area contributed by atoms with Crippen molar-refractivity contribution < 1.29 is 17.2 Å². The Balaban J connectivity index is 3.19. The van der Waals surface area contributed by atoms with Crippen molar-refractivity contribution in [2.45, 2.75) is 5.75 Å². The maximum Gasteiger partial charge on any atom is 0.236 e. The Morgan fingerprint density at radius 2 is 1.86 bits per heavy atom. The molecule has 0 aliphatic rings. The summed E-state index contributed by atoms with van der Waals surface area (Å²) in [4.78, 5) is 0. The van der Waals surface area contributed by atoms with Gasteiger partial charge in [0.1, 0.15) is 0 Å². The second kappa shape index (κ2) is 4.12. The van der Waals surface area contributed by atoms with E-state index in [1.54, 1.807) is 0 Å². The summed E-state index contributed by atoms with van der Waals surface area (Å²) in [6, 6.07) is 2.37. The molecule has 0 N–H and O–H groups in total. The molecule has 2 nitrogen and oxygen atoms in total. The van der Waals surface area contributed by atoms with Crippen molar-refractivity contribution in [3.8, 4) is 0 Å². The van der Waals surface area contributed by atoms with Crippen molar-refractivity contribution >= 4 is 35.7 Å². The molecule has 0 saturated heterocycles. The number of benzene rings is 1. The third-order valence-electron chi connectivity index (χ3n) is 1.44. The van der Waals surface area contributed by atoms with Crippen LogP contribution in [0.4, 0.5) is 8.78 Å². The predicted octanol–water partition coefficient (Wildman–Crippen LogP) is 2.80. The molecule has 0 aromatic heterocycles. The molecular formula is C7H4BrClF2O2S. The first-order chi connectivity index (χ1) is 6.31. The van der Waals surface area contributed by atoms with Crippen LogP contribution < -0.4 is 0 Å². The standard InChI is InChI=1S/C7H4BrClF2O2S/c8-5-2-1-4(3-14(9,12)13)6(10)7(5)11/h1-2H,3H2. The fraction of sp³-hybridized carbons (Fsp3) is 0.143. The summed E-state index contributed by atoms with van der Waals surface area (Å²) >= 11 is 2.76. The van der Waals surface area contributed by atoms with E-state index in [2.05, 4.69) is 15.9 Å². The molecule has 1 rings (SSSR count). The maximum absolute atomic E-state index is 13.1. The van der Waals surface area contributed by atoms with E-state index >= 15 is 0 Å². The molecule has 0 bridgehead atoms. The zero-order chi connectivity index (χ0) is 10.9. The van der Waals surface area contributed by atoms with E-state index < -0.39 is 26.4 Å². The molecule has 7 heteroatoms. The van der Waals surface area contributed by atoms with Gasteiger partial charge in [0, 0.05) is 16.2 Å². The molecule has 0 radical (unpaired) electrons. The fourth-order valence-electron chi connectivity index (χ4n) is 0.863. The van der Waals surface area contributed by atoms with Crippen molar-refractivity contribution in [1.82, 2.24) is 0 Å². The minimum Gasteiger partial charge on any atom is -0.212 e. The SMILES string of the molecule is O=S(=O)(Cl)Cc1ccc(Br)c(F)c1F. The number of hydrogen-bond donors (Lipinski definition) is 0. The van der Waals surface area contributed by atoms with Crippen molar-refractivity contribution in [1.29, 1.82) is 0 Å². The van der Waals surface area contributed by atoms with Gasteiger partial charge in [-0.1, -0.05) is 6.07 Å². The van der Waals surface area contributed by atoms with E-state index in [4.69, 9.17) is 10.7 Å². The van der Waals surface area contributed by atoms with E-state index in [0.717, 1.165) is 6.07 Å². The third kappa shape index (κ3) is 2.90. The lowest BCUT2D eigenvalue weighted by Gasteiger charge is -2.02. The second-order valence-corrected chi connectivity index (χ2v) is 6.15. The monoisotopic (exact) mass is 304 g/mol. The van der Waals surface area contributed by atoms with Crippen molar-refractivity contribution in [2.24, 2.45) is 0 Å². The van der Waals surface area contributed by atoms with Crippen LogP contribution in [0.1, 0.15) is 5.56 Å². The number of rotatable bonds is 2. The van der Waals surface area contributed by atoms with Gasteiger partial charge >= 0.3 is 0 Å². The average Bonchev–Trinajstić information content (AvgIpc) is 2.04. The Bertz CT molecular complexity index is 461. The molecule has 0 atom stereocenters. The van der Waals surface area contributed by atoms with Crippen LogP contribution in [0.15, 0.2) is 16.6 Å². The summed E-state index contributed by atoms with van der Waals surface area (Å²) in [5.74, 6) is -3.06. The summed E-state index contributed by atoms with van der Waals surface area (Å²) in [6.07, 6.45) is 0. The van der Waals surface area contributed by atoms with Crippen LogP contribution >= 0.6 is 26.6 Å². The highest BCUT2D eigenvalue weighted by molar-refractivity contribution is 9.10. The van der Waals surface area contributed by atoms with Crippen LogP contribution in [0, 0.1) is 11.6 Å². The fourth-order valence-corrected chi connectivity index (χ4v) is 2.12. The van der Waals surface area contributed by atoms with Crippen molar-refractivity contribution in [2.75, 3.05) is 0 Å². The first-order valence-electron chi connectivity index (χ1n) is 3.36. The lowest BCUT2D eigenvalue weighted by molar-refractivity contribution is 0.497. The summed E-state index contributed by atoms with van der Waals surface area (Å²) < 4.78 is 47.1. The van der Waals surface area contributed by atoms with E-state index in [1.807, 2.05) is 0 Å². The molecule has 0 fully saturated rings. The van der Waals surface area contributed by atoms with E-state index in [1.165, 1.54) is 6.07 Å². The Labute approximate surface area is 92.4 Å². The topological polar surface area (TPSA) is 34.1 Å². The highest BCUT2D eigenvalue weighted by Crippen LogP contribution is 2.22. The summed E-state index contributed by atoms with van der Waals surface area (Å²) in [6.45, 7) is 0. The van der Waals surface area contributed by atoms with Crippen LogP contribution in [0.25, 0.3) is 0 Å². The summed E-state index contributed by atoms with van der Waals surface area (Å²) in [5, 5.41) is 0. The Morgan fingerprint density at radius 1 is 1.29 bits per heavy atom. The largest absolute Gasteiger partial charge is 0.236 e. The molecule has 0 saturated carbocycles. The molecule has 1 aromatic carbocycles. The quantitative estimate of drug-likeness (QED) is 0.622. The number of halogens is 4. The Hall–Kier alpha value is -0.200. The maximum atomic E-state index is 13.1. The summed E-state index contributed by atoms with van der Waals surface area (Å²) in [5.41, 5.74) is -0.291. The normalized spacial score (nSPS) is 11.7. The van der Waals surface area contributed by atoms with Gasteiger partial charge in [-0.3, -0.25) is 0 Å². The minimum absolute atomic E-state index is 0.0641. The minimum atomic E-state index is -3.88. The molecule has 0 aliphatic heterocycles. The molecule has 1 aromatic rings. The molecular weight excluding hydrogens is 301 g/mol. The first-order valence-corrected chi connectivity index (χ1v) is 6.63. The lowest BCUT2D eigenvalue weighted by Crippen LogP contribution is -2.00. The van der Waals surface area contributed by atoms with Gasteiger partial charge in [0.25, 0.3) is 0 Å². The van der Waals surface area contributed by atoms with Gasteiger partial charge in [-0.25, -0.2) is 17.2 Å². The summed E-state index contributed by atoms with van der Waals surface area (Å²) in [7, 11) is 1.02. The molecule has 14 heavy (non-hydrogen) atoms. The zero-order valence-electron chi connectivity index (χ0n) is 6.60. The van der Waals surface area contributed by atoms with Gasteiger partial charge in [-0.2, -0.15) is 0 Å². The highest BCUT2D eigenvalue weighted by Gasteiger charge is 2.16. The van der Waals surface area contributed by atoms with Crippen molar-refractivity contribution in [3.63, 3.8) is 0 Å². The van der Waals surface area contributed by atoms with Gasteiger partial charge < -0.3 is 0 Å². The van der Waals surface area contributed by atoms with Crippen molar-refractivity contribution in [3.05, 3.63) is 33.8 Å². The highest BCUT2D eigenvalue weighted by atomic mass is 79.9. The predicted molar refractivity (Wildman–Crippen MR) is 52.5 cm³/mol. The molecule has 0 spiro atoms. The van der Waals surface area contributed by atoms with Crippen LogP contribution in [0.5, 0.6) is 0 Å². The molecule has 0 aliphatic carbocycles. The zero-order valence-corrected chi connectivity index (χ0v) is 9.76. The Morgan fingerprint density at radius 3 is 2.36 bits per heavy atom. The van der Waals surface area contributed by atoms with E-state index in [0.29, 0.717) is 0 Å². The van der Waals surface area contributed by atoms with Crippen LogP contribution in [-0.4, -0.2) is 8.42 Å². The van der Waals surface area contributed by atoms with Crippen LogP contribution in [-0.2, 0) is 14.8 Å². The Kier molecular flexibility index (Phi) is 3.49. The molecule has 0 heterocycles. The second-order valence-electron chi connectivity index (χ2n) is 2.52. The van der Waals surface area contributed by atoms with Gasteiger partial charge in [0.15, 0.2) is 11.6 Å². The van der Waals surface area contributed by atoms with Crippen LogP contribution in [0.2, 0.25) is 0 Å². The molecule has 0 amide bonds.